The zero-order chi connectivity index (χ0) is 7.61. The largest absolute Gasteiger partial charge is 0.316 e. The van der Waals surface area contributed by atoms with Gasteiger partial charge in [-0.15, -0.1) is 0 Å². The van der Waals surface area contributed by atoms with E-state index in [0.29, 0.717) is 6.54 Å². The molecule has 0 aromatic heterocycles. The summed E-state index contributed by atoms with van der Waals surface area (Å²) in [4.78, 5) is 0. The van der Waals surface area contributed by atoms with E-state index >= 15 is 0 Å². The molecule has 0 saturated carbocycles. The molecular weight excluding hydrogens is 86.1 g/mol. The molecule has 1 heterocycles. The van der Waals surface area contributed by atoms with Crippen molar-refractivity contribution in [3.63, 3.8) is 0 Å². The maximum Gasteiger partial charge on any atom is 0.0234 e. The van der Waals surface area contributed by atoms with Crippen molar-refractivity contribution < 1.29 is 4.11 Å². The monoisotopic (exact) mass is 101 g/mol. The molecule has 1 fully saturated rings. The van der Waals surface area contributed by atoms with Gasteiger partial charge in [-0.1, -0.05) is 6.85 Å². The fraction of sp³-hybridized carbons (Fsp3) is 0.833. The van der Waals surface area contributed by atoms with Crippen molar-refractivity contribution >= 4 is 0 Å². The highest BCUT2D eigenvalue weighted by Crippen LogP contribution is 2.05. The normalized spacial score (nSPS) is 41.1. The summed E-state index contributed by atoms with van der Waals surface area (Å²) in [6, 6.07) is 0. The van der Waals surface area contributed by atoms with E-state index in [9.17, 15) is 0 Å². The first kappa shape index (κ1) is 2.49. The average Bonchev–Trinajstić information content (AvgIpc) is 1.88. The molecule has 1 nitrogen and oxygen atoms in total. The second kappa shape index (κ2) is 2.31. The Bertz CT molecular complexity index is 104. The van der Waals surface area contributed by atoms with Gasteiger partial charge in [0.15, 0.2) is 0 Å². The van der Waals surface area contributed by atoms with Gasteiger partial charge >= 0.3 is 0 Å². The Morgan fingerprint density at radius 1 is 2.00 bits per heavy atom. The number of hydrogen-bond acceptors (Lipinski definition) is 1. The van der Waals surface area contributed by atoms with Gasteiger partial charge < -0.3 is 5.32 Å². The fourth-order valence-electron chi connectivity index (χ4n) is 0.727. The minimum Gasteiger partial charge on any atom is -0.316 e. The van der Waals surface area contributed by atoms with E-state index in [1.54, 1.807) is 0 Å². The molecule has 1 rings (SSSR count). The molecule has 0 spiro atoms. The minimum atomic E-state index is -1.77. The van der Waals surface area contributed by atoms with E-state index in [1.807, 2.05) is 6.42 Å². The van der Waals surface area contributed by atoms with Crippen molar-refractivity contribution in [1.29, 1.82) is 0 Å². The molecule has 1 aliphatic heterocycles. The molecule has 0 bridgehead atoms. The third-order valence-corrected chi connectivity index (χ3v) is 1.13. The van der Waals surface area contributed by atoms with Gasteiger partial charge in [-0.05, 0) is 31.8 Å². The van der Waals surface area contributed by atoms with Gasteiger partial charge in [0.25, 0.3) is 0 Å². The Morgan fingerprint density at radius 3 is 3.43 bits per heavy atom. The van der Waals surface area contributed by atoms with Crippen LogP contribution >= 0.6 is 0 Å². The second-order valence-corrected chi connectivity index (χ2v) is 1.88. The van der Waals surface area contributed by atoms with E-state index in [-0.39, 0.29) is 5.92 Å². The molecule has 1 heteroatoms. The number of rotatable bonds is 0. The van der Waals surface area contributed by atoms with Crippen molar-refractivity contribution in [2.75, 3.05) is 13.1 Å². The maximum absolute atomic E-state index is 7.10. The Balaban J connectivity index is 2.39. The lowest BCUT2D eigenvalue weighted by Gasteiger charge is -2.17. The van der Waals surface area contributed by atoms with Gasteiger partial charge in [0, 0.05) is 4.11 Å². The summed E-state index contributed by atoms with van der Waals surface area (Å²) in [6.07, 6.45) is 2.71. The van der Waals surface area contributed by atoms with E-state index in [0.717, 1.165) is 13.0 Å². The molecule has 0 amide bonds. The van der Waals surface area contributed by atoms with Crippen LogP contribution < -0.4 is 5.32 Å². The van der Waals surface area contributed by atoms with Crippen LogP contribution in [-0.4, -0.2) is 13.1 Å². The van der Waals surface area contributed by atoms with Crippen LogP contribution in [0.15, 0.2) is 0 Å². The topological polar surface area (TPSA) is 12.0 Å². The van der Waals surface area contributed by atoms with Crippen molar-refractivity contribution in [2.45, 2.75) is 13.3 Å². The highest BCUT2D eigenvalue weighted by Gasteiger charge is 2.05. The molecule has 0 aromatic rings. The molecule has 1 N–H and O–H groups in total. The van der Waals surface area contributed by atoms with Crippen LogP contribution in [-0.2, 0) is 0 Å². The van der Waals surface area contributed by atoms with Gasteiger partial charge in [-0.25, -0.2) is 0 Å². The first-order chi connectivity index (χ1) is 4.61. The fourth-order valence-corrected chi connectivity index (χ4v) is 0.727. The summed E-state index contributed by atoms with van der Waals surface area (Å²) < 4.78 is 21.3. The first-order valence-electron chi connectivity index (χ1n) is 4.13. The number of piperidine rings is 1. The number of nitrogens with one attached hydrogen (secondary N) is 1. The van der Waals surface area contributed by atoms with Crippen LogP contribution in [0.25, 0.3) is 0 Å². The molecule has 7 heavy (non-hydrogen) atoms. The summed E-state index contributed by atoms with van der Waals surface area (Å²) in [7, 11) is 0. The van der Waals surface area contributed by atoms with E-state index in [2.05, 4.69) is 5.32 Å². The van der Waals surface area contributed by atoms with Crippen LogP contribution in [0, 0.1) is 12.3 Å². The Labute approximate surface area is 49.3 Å². The van der Waals surface area contributed by atoms with Crippen LogP contribution in [0.3, 0.4) is 0 Å². The van der Waals surface area contributed by atoms with Gasteiger partial charge in [0.2, 0.25) is 0 Å². The van der Waals surface area contributed by atoms with Gasteiger partial charge in [0.05, 0.1) is 0 Å². The Kier molecular flexibility index (Phi) is 0.824. The average molecular weight is 101 g/mol. The lowest BCUT2D eigenvalue weighted by molar-refractivity contribution is 0.466. The molecule has 1 aliphatic rings. The molecule has 1 saturated heterocycles. The van der Waals surface area contributed by atoms with Crippen LogP contribution in [0.4, 0.5) is 0 Å². The van der Waals surface area contributed by atoms with Crippen molar-refractivity contribution in [2.24, 2.45) is 5.92 Å². The molecule has 41 valence electrons. The minimum absolute atomic E-state index is 0.166. The van der Waals surface area contributed by atoms with Gasteiger partial charge in [-0.3, -0.25) is 0 Å². The summed E-state index contributed by atoms with van der Waals surface area (Å²) >= 11 is 0. The lowest BCUT2D eigenvalue weighted by Crippen LogP contribution is -2.28. The van der Waals surface area contributed by atoms with E-state index < -0.39 is 6.85 Å². The molecule has 1 radical (unpaired) electrons. The van der Waals surface area contributed by atoms with Crippen molar-refractivity contribution in [1.82, 2.24) is 5.32 Å². The zero-order valence-electron chi connectivity index (χ0n) is 7.28. The van der Waals surface area contributed by atoms with E-state index in [4.69, 9.17) is 4.11 Å². The molecule has 0 unspecified atom stereocenters. The van der Waals surface area contributed by atoms with Gasteiger partial charge in [-0.2, -0.15) is 0 Å². The molecule has 1 atom stereocenters. The predicted molar refractivity (Wildman–Crippen MR) is 31.0 cm³/mol. The van der Waals surface area contributed by atoms with Crippen molar-refractivity contribution in [3.8, 4) is 0 Å². The predicted octanol–water partition coefficient (Wildman–Crippen LogP) is 0.820. The summed E-state index contributed by atoms with van der Waals surface area (Å²) in [5.74, 6) is -0.166. The van der Waals surface area contributed by atoms with Crippen LogP contribution in [0.2, 0.25) is 0 Å². The molecule has 0 aromatic carbocycles. The maximum atomic E-state index is 7.10. The molecular formula is C6H12N. The SMILES string of the molecule is [2H]C([2H])([2H])[C@H]1C[CH]CNC1. The lowest BCUT2D eigenvalue weighted by atomic mass is 10.0. The molecule has 0 aliphatic carbocycles. The van der Waals surface area contributed by atoms with Crippen LogP contribution in [0.5, 0.6) is 0 Å². The Hall–Kier alpha value is -0.0400. The van der Waals surface area contributed by atoms with Crippen molar-refractivity contribution in [3.05, 3.63) is 6.42 Å². The zero-order valence-corrected chi connectivity index (χ0v) is 4.28. The smallest absolute Gasteiger partial charge is 0.0234 e. The highest BCUT2D eigenvalue weighted by atomic mass is 14.9. The second-order valence-electron chi connectivity index (χ2n) is 1.88. The van der Waals surface area contributed by atoms with Crippen LogP contribution in [0.1, 0.15) is 17.4 Å². The third kappa shape index (κ3) is 1.48. The summed E-state index contributed by atoms with van der Waals surface area (Å²) in [6.45, 7) is -0.288. The highest BCUT2D eigenvalue weighted by molar-refractivity contribution is 4.77. The number of hydrogen-bond donors (Lipinski definition) is 1. The Morgan fingerprint density at radius 2 is 3.00 bits per heavy atom. The van der Waals surface area contributed by atoms with Gasteiger partial charge in [0.1, 0.15) is 0 Å². The quantitative estimate of drug-likeness (QED) is 0.476. The summed E-state index contributed by atoms with van der Waals surface area (Å²) in [5.41, 5.74) is 0. The standard InChI is InChI=1S/C6H12N/c1-6-3-2-4-7-5-6/h2,6-7H,3-5H2,1H3/t6-/m0/s1/i1D3. The third-order valence-electron chi connectivity index (χ3n) is 1.13. The summed E-state index contributed by atoms with van der Waals surface area (Å²) in [5, 5.41) is 3.03. The first-order valence-corrected chi connectivity index (χ1v) is 2.63. The van der Waals surface area contributed by atoms with E-state index in [1.165, 1.54) is 0 Å².